The van der Waals surface area contributed by atoms with Gasteiger partial charge in [0.2, 0.25) is 16.6 Å². The molecule has 0 amide bonds. The van der Waals surface area contributed by atoms with Crippen LogP contribution in [0.4, 0.5) is 18.9 Å². The van der Waals surface area contributed by atoms with Gasteiger partial charge in [0.25, 0.3) is 0 Å². The number of halogens is 4. The number of H-pyrrole nitrogens is 1. The number of ether oxygens (including phenoxy) is 3. The summed E-state index contributed by atoms with van der Waals surface area (Å²) < 4.78 is 56.6. The fourth-order valence-corrected chi connectivity index (χ4v) is 9.68. The highest BCUT2D eigenvalue weighted by Crippen LogP contribution is 2.24. The molecule has 94 heavy (non-hydrogen) atoms. The zero-order valence-corrected chi connectivity index (χ0v) is 54.9. The van der Waals surface area contributed by atoms with E-state index in [1.807, 2.05) is 97.9 Å². The quantitative estimate of drug-likeness (QED) is 0.0152. The molecular weight excluding hydrogens is 1270 g/mol. The van der Waals surface area contributed by atoms with Crippen LogP contribution in [0.1, 0.15) is 98.0 Å². The summed E-state index contributed by atoms with van der Waals surface area (Å²) in [5, 5.41) is 10.8. The Hall–Kier alpha value is -10.9. The number of fused-ring (bicyclic) bond motifs is 2. The molecule has 0 radical (unpaired) electrons. The maximum absolute atomic E-state index is 13.9. The molecule has 0 spiro atoms. The minimum absolute atomic E-state index is 0.00588. The first kappa shape index (κ1) is 70.5. The lowest BCUT2D eigenvalue weighted by Crippen LogP contribution is -2.20. The van der Waals surface area contributed by atoms with Crippen molar-refractivity contribution in [3.8, 4) is 0 Å². The summed E-state index contributed by atoms with van der Waals surface area (Å²) in [6.45, 7) is 15.8. The standard InChI is InChI=1S/C24H18BrFN2O2.C19H18FNO3.C18H14FNO2.C14H16O4/c1-14-6-7-16(10-15(14)2)23(29)20-13-28(12-18-4-3-5-22(25)27-18)21-9-8-17(26)11-19(21)24(20)30;1-12-4-5-14(10-13(12)2)18(22)17(19(23)24-3)11-21-16-8-6-15(20)7-9-16;1-10-3-4-12(7-11(10)2)17(21)15-9-20-16-6-5-13(19)8-14(16)18(15)22;1-9-5-6-11(7-10(9)2)13(15)12(8-17-3)14(16)18-4/h3-11,13H,12H2,1-2H3;4-11,22H,1-3H3;3-9H,1-2H3,(H,20,22);5-8H,1-4H3. The SMILES string of the molecule is COC(=O)C(C=Nc1ccc(F)cc1)=C(O)c1ccc(C)c(C)c1.COC=C(C(=O)OC)C(=O)c1ccc(C)c(C)c1.Cc1ccc(C(=O)c2c[nH]c3ccc(F)cc3c2=O)cc1C.Cc1ccc(C(=O)c2cn(Cc3cccc(Br)n3)c3ccc(F)cc3c2=O)cc1C. The number of aromatic nitrogens is 3. The fraction of sp³-hybridized carbons (Fsp3) is 0.160. The Morgan fingerprint density at radius 2 is 1.05 bits per heavy atom. The molecule has 0 aliphatic heterocycles. The van der Waals surface area contributed by atoms with Gasteiger partial charge in [0.1, 0.15) is 45.2 Å². The number of aromatic amines is 1. The number of hydrogen-bond donors (Lipinski definition) is 2. The molecule has 10 rings (SSSR count). The third-order valence-electron chi connectivity index (χ3n) is 15.3. The predicted molar refractivity (Wildman–Crippen MR) is 362 cm³/mol. The number of nitrogens with one attached hydrogen (secondary N) is 1. The second-order valence-electron chi connectivity index (χ2n) is 21.8. The number of pyridine rings is 3. The van der Waals surface area contributed by atoms with Crippen molar-refractivity contribution in [2.75, 3.05) is 21.3 Å². The molecule has 0 atom stereocenters. The first-order chi connectivity index (χ1) is 44.7. The Bertz CT molecular complexity index is 4800. The van der Waals surface area contributed by atoms with Crippen LogP contribution in [0, 0.1) is 72.8 Å². The average molecular weight is 1340 g/mol. The first-order valence-electron chi connectivity index (χ1n) is 29.0. The van der Waals surface area contributed by atoms with Crippen molar-refractivity contribution in [3.63, 3.8) is 0 Å². The molecule has 0 saturated carbocycles. The fourth-order valence-electron chi connectivity index (χ4n) is 9.30. The van der Waals surface area contributed by atoms with E-state index in [9.17, 15) is 51.8 Å². The number of aryl methyl sites for hydroxylation is 8. The van der Waals surface area contributed by atoms with E-state index < -0.39 is 40.2 Å². The second-order valence-corrected chi connectivity index (χ2v) is 22.6. The van der Waals surface area contributed by atoms with Gasteiger partial charge in [-0.15, -0.1) is 0 Å². The Balaban J connectivity index is 0.000000180. The molecule has 15 nitrogen and oxygen atoms in total. The summed E-state index contributed by atoms with van der Waals surface area (Å²) in [4.78, 5) is 98.2. The van der Waals surface area contributed by atoms with Gasteiger partial charge in [0.05, 0.1) is 55.9 Å². The van der Waals surface area contributed by atoms with Gasteiger partial charge in [-0.25, -0.2) is 27.7 Å². The van der Waals surface area contributed by atoms with Crippen molar-refractivity contribution in [3.05, 3.63) is 308 Å². The molecule has 7 aromatic carbocycles. The summed E-state index contributed by atoms with van der Waals surface area (Å²) in [5.41, 5.74) is 11.1. The molecule has 19 heteroatoms. The zero-order chi connectivity index (χ0) is 68.7. The van der Waals surface area contributed by atoms with Crippen LogP contribution in [0.3, 0.4) is 0 Å². The third kappa shape index (κ3) is 17.6. The minimum Gasteiger partial charge on any atom is -0.506 e. The van der Waals surface area contributed by atoms with Crippen molar-refractivity contribution in [1.82, 2.24) is 14.5 Å². The number of aliphatic hydroxyl groups is 1. The number of Topliss-reactive ketones (excluding diaryl/α,β-unsaturated/α-hetero) is 1. The monoisotopic (exact) mass is 1330 g/mol. The smallest absolute Gasteiger partial charge is 0.345 e. The van der Waals surface area contributed by atoms with Crippen molar-refractivity contribution in [1.29, 1.82) is 0 Å². The van der Waals surface area contributed by atoms with Crippen LogP contribution in [0.25, 0.3) is 27.6 Å². The van der Waals surface area contributed by atoms with Gasteiger partial charge in [-0.2, -0.15) is 0 Å². The van der Waals surface area contributed by atoms with Crippen molar-refractivity contribution in [2.45, 2.75) is 61.9 Å². The van der Waals surface area contributed by atoms with Gasteiger partial charge in [0, 0.05) is 57.2 Å². The lowest BCUT2D eigenvalue weighted by molar-refractivity contribution is -0.136. The number of rotatable bonds is 14. The molecule has 0 bridgehead atoms. The molecule has 10 aromatic rings. The largest absolute Gasteiger partial charge is 0.506 e. The Morgan fingerprint density at radius 1 is 0.564 bits per heavy atom. The number of carbonyl (C=O) groups excluding carboxylic acids is 5. The van der Waals surface area contributed by atoms with Crippen LogP contribution in [-0.4, -0.2) is 76.5 Å². The van der Waals surface area contributed by atoms with Crippen LogP contribution in [-0.2, 0) is 30.3 Å². The summed E-state index contributed by atoms with van der Waals surface area (Å²) in [6, 6.07) is 40.1. The normalized spacial score (nSPS) is 11.3. The number of carbonyl (C=O) groups is 5. The predicted octanol–water partition coefficient (Wildman–Crippen LogP) is 15.2. The van der Waals surface area contributed by atoms with Crippen LogP contribution in [0.2, 0.25) is 0 Å². The maximum atomic E-state index is 13.9. The Kier molecular flexibility index (Phi) is 23.9. The number of hydrogen-bond acceptors (Lipinski definition) is 13. The van der Waals surface area contributed by atoms with Gasteiger partial charge >= 0.3 is 11.9 Å². The molecule has 0 aliphatic carbocycles. The minimum atomic E-state index is -0.711. The molecule has 3 heterocycles. The number of aliphatic imine (C=N–C) groups is 1. The van der Waals surface area contributed by atoms with Crippen LogP contribution in [0.15, 0.2) is 201 Å². The van der Waals surface area contributed by atoms with Gasteiger partial charge < -0.3 is 28.9 Å². The van der Waals surface area contributed by atoms with Gasteiger partial charge in [-0.1, -0.05) is 54.6 Å². The Morgan fingerprint density at radius 3 is 1.60 bits per heavy atom. The topological polar surface area (TPSA) is 213 Å². The molecule has 0 saturated heterocycles. The molecule has 0 unspecified atom stereocenters. The maximum Gasteiger partial charge on any atom is 0.345 e. The molecule has 0 aliphatic rings. The van der Waals surface area contributed by atoms with Crippen LogP contribution < -0.4 is 10.9 Å². The van der Waals surface area contributed by atoms with Gasteiger partial charge in [-0.3, -0.25) is 29.0 Å². The van der Waals surface area contributed by atoms with E-state index in [1.165, 1.54) is 82.3 Å². The molecule has 3 aromatic heterocycles. The Labute approximate surface area is 548 Å². The number of aliphatic hydroxyl groups excluding tert-OH is 1. The lowest BCUT2D eigenvalue weighted by atomic mass is 9.98. The number of nitrogens with zero attached hydrogens (tertiary/aromatic N) is 3. The average Bonchev–Trinajstić information content (AvgIpc) is 0.800. The summed E-state index contributed by atoms with van der Waals surface area (Å²) >= 11 is 3.35. The van der Waals surface area contributed by atoms with Crippen molar-refractivity contribution in [2.24, 2.45) is 4.99 Å². The second kappa shape index (κ2) is 31.9. The summed E-state index contributed by atoms with van der Waals surface area (Å²) in [7, 11) is 3.82. The molecule has 2 N–H and O–H groups in total. The van der Waals surface area contributed by atoms with Gasteiger partial charge in [-0.05, 0) is 213 Å². The summed E-state index contributed by atoms with van der Waals surface area (Å²) in [5.74, 6) is -4.22. The van der Waals surface area contributed by atoms with E-state index in [4.69, 9.17) is 9.47 Å². The highest BCUT2D eigenvalue weighted by molar-refractivity contribution is 9.10. The molecule has 480 valence electrons. The van der Waals surface area contributed by atoms with Crippen molar-refractivity contribution >= 4 is 84.7 Å². The summed E-state index contributed by atoms with van der Waals surface area (Å²) in [6.07, 6.45) is 5.25. The van der Waals surface area contributed by atoms with Gasteiger partial charge in [0.15, 0.2) is 11.6 Å². The highest BCUT2D eigenvalue weighted by Gasteiger charge is 2.23. The van der Waals surface area contributed by atoms with E-state index in [2.05, 4.69) is 35.6 Å². The van der Waals surface area contributed by atoms with E-state index in [-0.39, 0.29) is 56.2 Å². The third-order valence-corrected chi connectivity index (χ3v) is 15.7. The van der Waals surface area contributed by atoms with Crippen LogP contribution in [0.5, 0.6) is 0 Å². The van der Waals surface area contributed by atoms with E-state index >= 15 is 0 Å². The molecule has 0 fully saturated rings. The van der Waals surface area contributed by atoms with E-state index in [0.717, 1.165) is 62.5 Å². The highest BCUT2D eigenvalue weighted by atomic mass is 79.9. The molecular formula is C75H66BrF3N4O11. The number of benzene rings is 7. The number of methoxy groups -OCH3 is 3. The number of ketones is 3. The van der Waals surface area contributed by atoms with E-state index in [1.54, 1.807) is 65.4 Å². The van der Waals surface area contributed by atoms with Crippen molar-refractivity contribution < 1.29 is 56.5 Å². The zero-order valence-electron chi connectivity index (χ0n) is 53.3. The lowest BCUT2D eigenvalue weighted by Gasteiger charge is -2.14. The number of esters is 2. The van der Waals surface area contributed by atoms with E-state index in [0.29, 0.717) is 50.1 Å². The first-order valence-corrected chi connectivity index (χ1v) is 29.8. The van der Waals surface area contributed by atoms with Crippen LogP contribution >= 0.6 is 15.9 Å².